The molecule has 1 aromatic heterocycles. The fourth-order valence-corrected chi connectivity index (χ4v) is 3.10. The number of ether oxygens (including phenoxy) is 3. The Labute approximate surface area is 142 Å². The molecule has 1 aliphatic carbocycles. The van der Waals surface area contributed by atoms with Gasteiger partial charge in [0.15, 0.2) is 17.3 Å². The normalized spacial score (nSPS) is 12.0. The molecular weight excluding hydrogens is 324 g/mol. The smallest absolute Gasteiger partial charge is 0.229 e. The van der Waals surface area contributed by atoms with Crippen molar-refractivity contribution in [2.45, 2.75) is 0 Å². The quantitative estimate of drug-likeness (QED) is 0.571. The lowest BCUT2D eigenvalue weighted by molar-refractivity contribution is 0.101. The van der Waals surface area contributed by atoms with Crippen molar-refractivity contribution in [2.75, 3.05) is 21.3 Å². The molecule has 0 amide bonds. The first-order valence-electron chi connectivity index (χ1n) is 7.55. The number of benzene rings is 2. The summed E-state index contributed by atoms with van der Waals surface area (Å²) in [5.41, 5.74) is 1.14. The number of hydrogen-bond donors (Lipinski definition) is 0. The maximum atomic E-state index is 13.0. The van der Waals surface area contributed by atoms with Gasteiger partial charge in [-0.3, -0.25) is 9.59 Å². The van der Waals surface area contributed by atoms with E-state index in [-0.39, 0.29) is 22.5 Å². The van der Waals surface area contributed by atoms with Crippen LogP contribution in [0.5, 0.6) is 17.2 Å². The molecule has 2 aromatic carbocycles. The number of carbonyl (C=O) groups excluding carboxylic acids is 1. The van der Waals surface area contributed by atoms with Crippen LogP contribution in [0.3, 0.4) is 0 Å². The van der Waals surface area contributed by atoms with Crippen LogP contribution in [-0.4, -0.2) is 27.1 Å². The highest BCUT2D eigenvalue weighted by atomic mass is 16.5. The molecule has 0 spiro atoms. The molecule has 0 N–H and O–H groups in total. The predicted molar refractivity (Wildman–Crippen MR) is 91.0 cm³/mol. The summed E-state index contributed by atoms with van der Waals surface area (Å²) in [4.78, 5) is 25.7. The van der Waals surface area contributed by atoms with E-state index in [1.54, 1.807) is 30.3 Å². The van der Waals surface area contributed by atoms with E-state index in [1.807, 2.05) is 0 Å². The molecule has 0 bridgehead atoms. The van der Waals surface area contributed by atoms with Crippen molar-refractivity contribution >= 4 is 16.8 Å². The van der Waals surface area contributed by atoms with Crippen LogP contribution in [0, 0.1) is 0 Å². The molecule has 0 unspecified atom stereocenters. The van der Waals surface area contributed by atoms with Crippen LogP contribution in [0.4, 0.5) is 0 Å². The Morgan fingerprint density at radius 3 is 2.16 bits per heavy atom. The van der Waals surface area contributed by atoms with Crippen LogP contribution in [0.1, 0.15) is 16.1 Å². The van der Waals surface area contributed by atoms with Crippen LogP contribution in [-0.2, 0) is 0 Å². The molecule has 0 fully saturated rings. The van der Waals surface area contributed by atoms with Gasteiger partial charge in [-0.2, -0.15) is 0 Å². The molecule has 0 saturated heterocycles. The first-order valence-corrected chi connectivity index (χ1v) is 7.55. The largest absolute Gasteiger partial charge is 0.497 e. The van der Waals surface area contributed by atoms with E-state index in [2.05, 4.69) is 0 Å². The third-order valence-electron chi connectivity index (χ3n) is 4.34. The lowest BCUT2D eigenvalue weighted by atomic mass is 10.0. The van der Waals surface area contributed by atoms with Gasteiger partial charge >= 0.3 is 0 Å². The third kappa shape index (κ3) is 2.04. The zero-order chi connectivity index (χ0) is 17.7. The van der Waals surface area contributed by atoms with Crippen LogP contribution in [0.15, 0.2) is 39.5 Å². The zero-order valence-corrected chi connectivity index (χ0v) is 13.8. The summed E-state index contributed by atoms with van der Waals surface area (Å²) < 4.78 is 21.4. The number of methoxy groups -OCH3 is 3. The Kier molecular flexibility index (Phi) is 3.28. The van der Waals surface area contributed by atoms with Crippen LogP contribution < -0.4 is 19.6 Å². The van der Waals surface area contributed by atoms with E-state index in [4.69, 9.17) is 18.6 Å². The minimum absolute atomic E-state index is 0.0241. The van der Waals surface area contributed by atoms with Gasteiger partial charge in [-0.25, -0.2) is 0 Å². The van der Waals surface area contributed by atoms with Gasteiger partial charge in [0.05, 0.1) is 32.3 Å². The second-order valence-corrected chi connectivity index (χ2v) is 5.58. The molecule has 126 valence electrons. The second-order valence-electron chi connectivity index (χ2n) is 5.58. The SMILES string of the molecule is COc1ccc2c(=O)c3c(oc2c1)C(=O)c1cc(OC)c(OC)cc1-3. The van der Waals surface area contributed by atoms with Crippen LogP contribution in [0.2, 0.25) is 0 Å². The number of rotatable bonds is 3. The van der Waals surface area contributed by atoms with E-state index in [1.165, 1.54) is 21.3 Å². The highest BCUT2D eigenvalue weighted by molar-refractivity contribution is 6.21. The van der Waals surface area contributed by atoms with Gasteiger partial charge in [0, 0.05) is 17.2 Å². The molecule has 6 nitrogen and oxygen atoms in total. The van der Waals surface area contributed by atoms with Gasteiger partial charge < -0.3 is 18.6 Å². The van der Waals surface area contributed by atoms with Crippen molar-refractivity contribution < 1.29 is 23.4 Å². The van der Waals surface area contributed by atoms with Gasteiger partial charge in [0.1, 0.15) is 11.3 Å². The Morgan fingerprint density at radius 1 is 0.840 bits per heavy atom. The molecule has 3 aromatic rings. The van der Waals surface area contributed by atoms with Crippen molar-refractivity contribution in [1.29, 1.82) is 0 Å². The average molecular weight is 338 g/mol. The Morgan fingerprint density at radius 2 is 1.52 bits per heavy atom. The fourth-order valence-electron chi connectivity index (χ4n) is 3.10. The highest BCUT2D eigenvalue weighted by Gasteiger charge is 2.34. The standard InChI is InChI=1S/C19H14O6/c1-22-9-4-5-10-13(6-9)25-19-16(17(10)20)11-7-14(23-2)15(24-3)8-12(11)18(19)21/h4-8H,1-3H3. The molecule has 0 aliphatic heterocycles. The molecule has 25 heavy (non-hydrogen) atoms. The van der Waals surface area contributed by atoms with Crippen molar-refractivity contribution in [3.05, 3.63) is 51.9 Å². The van der Waals surface area contributed by atoms with Gasteiger partial charge in [-0.05, 0) is 24.3 Å². The zero-order valence-electron chi connectivity index (χ0n) is 13.8. The van der Waals surface area contributed by atoms with Gasteiger partial charge in [-0.1, -0.05) is 0 Å². The van der Waals surface area contributed by atoms with Crippen LogP contribution >= 0.6 is 0 Å². The summed E-state index contributed by atoms with van der Waals surface area (Å²) in [6, 6.07) is 8.09. The second kappa shape index (κ2) is 5.37. The molecule has 1 heterocycles. The highest BCUT2D eigenvalue weighted by Crippen LogP contribution is 2.42. The first kappa shape index (κ1) is 15.3. The number of hydrogen-bond acceptors (Lipinski definition) is 6. The van der Waals surface area contributed by atoms with E-state index >= 15 is 0 Å². The third-order valence-corrected chi connectivity index (χ3v) is 4.34. The van der Waals surface area contributed by atoms with Crippen molar-refractivity contribution in [2.24, 2.45) is 0 Å². The molecular formula is C19H14O6. The lowest BCUT2D eigenvalue weighted by Gasteiger charge is -2.09. The van der Waals surface area contributed by atoms with Gasteiger partial charge in [0.25, 0.3) is 0 Å². The van der Waals surface area contributed by atoms with Crippen LogP contribution in [0.25, 0.3) is 22.1 Å². The summed E-state index contributed by atoms with van der Waals surface area (Å²) in [6.07, 6.45) is 0. The molecule has 1 aliphatic rings. The summed E-state index contributed by atoms with van der Waals surface area (Å²) in [7, 11) is 4.50. The number of fused-ring (bicyclic) bond motifs is 4. The summed E-state index contributed by atoms with van der Waals surface area (Å²) >= 11 is 0. The number of carbonyl (C=O) groups is 1. The van der Waals surface area contributed by atoms with Gasteiger partial charge in [0.2, 0.25) is 11.2 Å². The van der Waals surface area contributed by atoms with Crippen molar-refractivity contribution in [3.8, 4) is 28.4 Å². The van der Waals surface area contributed by atoms with Gasteiger partial charge in [-0.15, -0.1) is 0 Å². The molecule has 6 heteroatoms. The molecule has 0 saturated carbocycles. The van der Waals surface area contributed by atoms with Crippen molar-refractivity contribution in [3.63, 3.8) is 0 Å². The Hall–Kier alpha value is -3.28. The monoisotopic (exact) mass is 338 g/mol. The summed E-state index contributed by atoms with van der Waals surface area (Å²) in [5.74, 6) is 1.07. The van der Waals surface area contributed by atoms with E-state index < -0.39 is 0 Å². The summed E-state index contributed by atoms with van der Waals surface area (Å²) in [5, 5.41) is 0.384. The van der Waals surface area contributed by atoms with E-state index in [0.29, 0.717) is 39.3 Å². The maximum absolute atomic E-state index is 13.0. The topological polar surface area (TPSA) is 75.0 Å². The number of ketones is 1. The predicted octanol–water partition coefficient (Wildman–Crippen LogP) is 3.03. The summed E-state index contributed by atoms with van der Waals surface area (Å²) in [6.45, 7) is 0. The minimum atomic E-state index is -0.354. The Bertz CT molecular complexity index is 1090. The average Bonchev–Trinajstić information content (AvgIpc) is 2.92. The fraction of sp³-hybridized carbons (Fsp3) is 0.158. The molecule has 4 rings (SSSR count). The maximum Gasteiger partial charge on any atom is 0.229 e. The molecule has 0 radical (unpaired) electrons. The van der Waals surface area contributed by atoms with E-state index in [0.717, 1.165) is 0 Å². The Balaban J connectivity index is 2.06. The first-order chi connectivity index (χ1) is 12.1. The van der Waals surface area contributed by atoms with E-state index in [9.17, 15) is 9.59 Å². The molecule has 0 atom stereocenters. The minimum Gasteiger partial charge on any atom is -0.497 e. The van der Waals surface area contributed by atoms with Crippen molar-refractivity contribution in [1.82, 2.24) is 0 Å². The lowest BCUT2D eigenvalue weighted by Crippen LogP contribution is -2.07.